The maximum Gasteiger partial charge on any atom is 0.321 e. The lowest BCUT2D eigenvalue weighted by Crippen LogP contribution is -2.45. The van der Waals surface area contributed by atoms with Crippen molar-refractivity contribution in [2.75, 3.05) is 6.54 Å². The lowest BCUT2D eigenvalue weighted by molar-refractivity contribution is -0.126. The lowest BCUT2D eigenvalue weighted by Gasteiger charge is -2.16. The number of amides is 3. The molecule has 6 heteroatoms. The predicted molar refractivity (Wildman–Crippen MR) is 73.5 cm³/mol. The Morgan fingerprint density at radius 2 is 2.11 bits per heavy atom. The molecule has 1 unspecified atom stereocenters. The number of urea groups is 1. The molecule has 0 saturated heterocycles. The molecule has 19 heavy (non-hydrogen) atoms. The zero-order valence-corrected chi connectivity index (χ0v) is 11.9. The molecular formula is C13H17ClN2O3. The van der Waals surface area contributed by atoms with Crippen LogP contribution in [0, 0.1) is 6.92 Å². The first-order valence-corrected chi connectivity index (χ1v) is 6.33. The molecule has 104 valence electrons. The predicted octanol–water partition coefficient (Wildman–Crippen LogP) is 2.26. The van der Waals surface area contributed by atoms with Gasteiger partial charge in [-0.15, -0.1) is 0 Å². The van der Waals surface area contributed by atoms with Crippen LogP contribution in [0.15, 0.2) is 18.2 Å². The number of carbonyl (C=O) groups is 2. The van der Waals surface area contributed by atoms with Crippen LogP contribution >= 0.6 is 11.6 Å². The first kappa shape index (κ1) is 15.3. The Bertz CT molecular complexity index is 477. The molecule has 0 spiro atoms. The topological polar surface area (TPSA) is 67.4 Å². The van der Waals surface area contributed by atoms with Gasteiger partial charge in [-0.05, 0) is 44.5 Å². The first-order valence-electron chi connectivity index (χ1n) is 5.95. The first-order chi connectivity index (χ1) is 8.93. The third-order valence-electron chi connectivity index (χ3n) is 2.38. The summed E-state index contributed by atoms with van der Waals surface area (Å²) < 4.78 is 5.49. The number of nitrogens with one attached hydrogen (secondary N) is 2. The third kappa shape index (κ3) is 4.79. The Hall–Kier alpha value is -1.75. The van der Waals surface area contributed by atoms with Crippen LogP contribution in [0.2, 0.25) is 5.02 Å². The Morgan fingerprint density at radius 3 is 2.68 bits per heavy atom. The van der Waals surface area contributed by atoms with Crippen LogP contribution < -0.4 is 15.4 Å². The summed E-state index contributed by atoms with van der Waals surface area (Å²) in [6.45, 7) is 5.62. The molecule has 0 fully saturated rings. The van der Waals surface area contributed by atoms with Gasteiger partial charge in [0.25, 0.3) is 5.91 Å². The van der Waals surface area contributed by atoms with Crippen molar-refractivity contribution in [2.45, 2.75) is 26.9 Å². The van der Waals surface area contributed by atoms with E-state index in [4.69, 9.17) is 16.3 Å². The van der Waals surface area contributed by atoms with E-state index in [-0.39, 0.29) is 0 Å². The number of benzene rings is 1. The van der Waals surface area contributed by atoms with Crippen LogP contribution in [-0.4, -0.2) is 24.6 Å². The Kier molecular flexibility index (Phi) is 5.63. The minimum Gasteiger partial charge on any atom is -0.481 e. The molecule has 0 aliphatic rings. The van der Waals surface area contributed by atoms with Gasteiger partial charge in [-0.2, -0.15) is 0 Å². The van der Waals surface area contributed by atoms with Gasteiger partial charge in [0.15, 0.2) is 6.10 Å². The third-order valence-corrected chi connectivity index (χ3v) is 2.62. The van der Waals surface area contributed by atoms with Gasteiger partial charge in [0.2, 0.25) is 0 Å². The van der Waals surface area contributed by atoms with Crippen molar-refractivity contribution in [2.24, 2.45) is 0 Å². The molecule has 0 heterocycles. The van der Waals surface area contributed by atoms with Gasteiger partial charge in [-0.25, -0.2) is 4.79 Å². The molecule has 0 aromatic heterocycles. The zero-order chi connectivity index (χ0) is 14.4. The highest BCUT2D eigenvalue weighted by atomic mass is 35.5. The summed E-state index contributed by atoms with van der Waals surface area (Å²) in [6.07, 6.45) is -0.775. The second-order valence-corrected chi connectivity index (χ2v) is 4.46. The van der Waals surface area contributed by atoms with E-state index >= 15 is 0 Å². The quantitative estimate of drug-likeness (QED) is 0.891. The van der Waals surface area contributed by atoms with E-state index in [0.29, 0.717) is 17.3 Å². The van der Waals surface area contributed by atoms with E-state index in [9.17, 15) is 9.59 Å². The number of hydrogen-bond acceptors (Lipinski definition) is 3. The SMILES string of the molecule is CCNC(=O)NC(=O)C(C)Oc1ccc(Cl)cc1C. The number of aryl methyl sites for hydroxylation is 1. The summed E-state index contributed by atoms with van der Waals surface area (Å²) in [5, 5.41) is 5.26. The number of ether oxygens (including phenoxy) is 1. The molecule has 2 N–H and O–H groups in total. The number of hydrogen-bond donors (Lipinski definition) is 2. The molecule has 0 aliphatic carbocycles. The molecule has 1 aromatic carbocycles. The van der Waals surface area contributed by atoms with Gasteiger partial charge >= 0.3 is 6.03 Å². The van der Waals surface area contributed by atoms with Crippen molar-refractivity contribution in [3.8, 4) is 5.75 Å². The van der Waals surface area contributed by atoms with Crippen molar-refractivity contribution in [3.05, 3.63) is 28.8 Å². The van der Waals surface area contributed by atoms with E-state index in [1.165, 1.54) is 0 Å². The molecule has 1 rings (SSSR count). The number of rotatable bonds is 4. The van der Waals surface area contributed by atoms with Crippen LogP contribution in [0.5, 0.6) is 5.75 Å². The van der Waals surface area contributed by atoms with Crippen molar-refractivity contribution >= 4 is 23.5 Å². The maximum absolute atomic E-state index is 11.7. The van der Waals surface area contributed by atoms with Crippen molar-refractivity contribution in [1.29, 1.82) is 0 Å². The van der Waals surface area contributed by atoms with E-state index in [1.807, 2.05) is 6.92 Å². The van der Waals surface area contributed by atoms with Crippen LogP contribution in [-0.2, 0) is 4.79 Å². The maximum atomic E-state index is 11.7. The summed E-state index contributed by atoms with van der Waals surface area (Å²) in [5.74, 6) is 0.0586. The van der Waals surface area contributed by atoms with Gasteiger partial charge in [0, 0.05) is 11.6 Å². The molecule has 0 radical (unpaired) electrons. The Morgan fingerprint density at radius 1 is 1.42 bits per heavy atom. The highest BCUT2D eigenvalue weighted by Gasteiger charge is 2.17. The van der Waals surface area contributed by atoms with Gasteiger partial charge in [-0.3, -0.25) is 10.1 Å². The van der Waals surface area contributed by atoms with Crippen LogP contribution in [0.25, 0.3) is 0 Å². The van der Waals surface area contributed by atoms with Crippen LogP contribution in [0.4, 0.5) is 4.79 Å². The molecule has 3 amide bonds. The minimum absolute atomic E-state index is 0.449. The van der Waals surface area contributed by atoms with E-state index in [0.717, 1.165) is 5.56 Å². The summed E-state index contributed by atoms with van der Waals surface area (Å²) in [7, 11) is 0. The average molecular weight is 285 g/mol. The van der Waals surface area contributed by atoms with Gasteiger partial charge in [0.1, 0.15) is 5.75 Å². The molecule has 0 saturated carbocycles. The second kappa shape index (κ2) is 6.99. The fourth-order valence-electron chi connectivity index (χ4n) is 1.41. The van der Waals surface area contributed by atoms with E-state index < -0.39 is 18.0 Å². The summed E-state index contributed by atoms with van der Waals surface area (Å²) >= 11 is 5.83. The van der Waals surface area contributed by atoms with E-state index in [2.05, 4.69) is 10.6 Å². The zero-order valence-electron chi connectivity index (χ0n) is 11.1. The van der Waals surface area contributed by atoms with Gasteiger partial charge < -0.3 is 10.1 Å². The Balaban J connectivity index is 2.61. The number of imide groups is 1. The molecule has 0 aliphatic heterocycles. The standard InChI is InChI=1S/C13H17ClN2O3/c1-4-15-13(18)16-12(17)9(3)19-11-6-5-10(14)7-8(11)2/h5-7,9H,4H2,1-3H3,(H2,15,16,17,18). The van der Waals surface area contributed by atoms with Crippen molar-refractivity contribution < 1.29 is 14.3 Å². The van der Waals surface area contributed by atoms with E-state index in [1.54, 1.807) is 32.0 Å². The number of halogens is 1. The van der Waals surface area contributed by atoms with Crippen LogP contribution in [0.3, 0.4) is 0 Å². The highest BCUT2D eigenvalue weighted by Crippen LogP contribution is 2.22. The smallest absolute Gasteiger partial charge is 0.321 e. The second-order valence-electron chi connectivity index (χ2n) is 4.02. The molecule has 1 aromatic rings. The van der Waals surface area contributed by atoms with Crippen LogP contribution in [0.1, 0.15) is 19.4 Å². The van der Waals surface area contributed by atoms with Crippen molar-refractivity contribution in [3.63, 3.8) is 0 Å². The lowest BCUT2D eigenvalue weighted by atomic mass is 10.2. The minimum atomic E-state index is -0.775. The molecule has 5 nitrogen and oxygen atoms in total. The average Bonchev–Trinajstić information content (AvgIpc) is 2.32. The molecular weight excluding hydrogens is 268 g/mol. The molecule has 1 atom stereocenters. The fraction of sp³-hybridized carbons (Fsp3) is 0.385. The van der Waals surface area contributed by atoms with Gasteiger partial charge in [-0.1, -0.05) is 11.6 Å². The molecule has 0 bridgehead atoms. The normalized spacial score (nSPS) is 11.6. The fourth-order valence-corrected chi connectivity index (χ4v) is 1.63. The highest BCUT2D eigenvalue weighted by molar-refractivity contribution is 6.30. The van der Waals surface area contributed by atoms with Crippen molar-refractivity contribution in [1.82, 2.24) is 10.6 Å². The Labute approximate surface area is 117 Å². The summed E-state index contributed by atoms with van der Waals surface area (Å²) in [4.78, 5) is 22.9. The van der Waals surface area contributed by atoms with Gasteiger partial charge in [0.05, 0.1) is 0 Å². The number of carbonyl (C=O) groups excluding carboxylic acids is 2. The monoisotopic (exact) mass is 284 g/mol. The largest absolute Gasteiger partial charge is 0.481 e. The summed E-state index contributed by atoms with van der Waals surface area (Å²) in [5.41, 5.74) is 0.824. The summed E-state index contributed by atoms with van der Waals surface area (Å²) in [6, 6.07) is 4.58.